The van der Waals surface area contributed by atoms with E-state index < -0.39 is 0 Å². The Morgan fingerprint density at radius 2 is 2.26 bits per heavy atom. The van der Waals surface area contributed by atoms with Gasteiger partial charge in [0.2, 0.25) is 5.91 Å². The van der Waals surface area contributed by atoms with Crippen molar-refractivity contribution in [1.82, 2.24) is 10.3 Å². The molecule has 2 heterocycles. The van der Waals surface area contributed by atoms with E-state index in [0.717, 1.165) is 29.9 Å². The minimum atomic E-state index is 0.0797. The highest BCUT2D eigenvalue weighted by Crippen LogP contribution is 2.21. The fourth-order valence-corrected chi connectivity index (χ4v) is 1.84. The van der Waals surface area contributed by atoms with E-state index in [-0.39, 0.29) is 5.91 Å². The molecular formula is C15H18N2O2. The zero-order valence-corrected chi connectivity index (χ0v) is 11.1. The summed E-state index contributed by atoms with van der Waals surface area (Å²) in [5.74, 6) is 0.800. The summed E-state index contributed by atoms with van der Waals surface area (Å²) in [6.45, 7) is 2.55. The molecule has 0 aliphatic carbocycles. The molecule has 4 heteroatoms. The van der Waals surface area contributed by atoms with Crippen LogP contribution in [0.15, 0.2) is 41.1 Å². The number of unbranched alkanes of at least 4 members (excludes halogenated alkanes) is 1. The van der Waals surface area contributed by atoms with Crippen molar-refractivity contribution in [2.24, 2.45) is 0 Å². The van der Waals surface area contributed by atoms with Crippen molar-refractivity contribution in [2.75, 3.05) is 0 Å². The van der Waals surface area contributed by atoms with Crippen molar-refractivity contribution >= 4 is 5.91 Å². The van der Waals surface area contributed by atoms with Gasteiger partial charge in [0.25, 0.3) is 0 Å². The number of pyridine rings is 1. The van der Waals surface area contributed by atoms with E-state index in [0.29, 0.717) is 13.0 Å². The molecule has 100 valence electrons. The number of amides is 1. The lowest BCUT2D eigenvalue weighted by Gasteiger charge is -2.08. The quantitative estimate of drug-likeness (QED) is 0.866. The van der Waals surface area contributed by atoms with Crippen LogP contribution in [0.25, 0.3) is 11.5 Å². The van der Waals surface area contributed by atoms with Gasteiger partial charge in [-0.1, -0.05) is 19.4 Å². The SMILES string of the molecule is CCCCC(=O)NCc1cccnc1-c1ccco1. The zero-order valence-electron chi connectivity index (χ0n) is 11.1. The molecule has 1 N–H and O–H groups in total. The van der Waals surface area contributed by atoms with Crippen molar-refractivity contribution in [1.29, 1.82) is 0 Å². The van der Waals surface area contributed by atoms with Crippen LogP contribution in [-0.2, 0) is 11.3 Å². The molecule has 1 amide bonds. The summed E-state index contributed by atoms with van der Waals surface area (Å²) in [4.78, 5) is 15.9. The Morgan fingerprint density at radius 3 is 3.00 bits per heavy atom. The van der Waals surface area contributed by atoms with Crippen LogP contribution < -0.4 is 5.32 Å². The van der Waals surface area contributed by atoms with Gasteiger partial charge in [-0.05, 0) is 24.6 Å². The summed E-state index contributed by atoms with van der Waals surface area (Å²) >= 11 is 0. The molecular weight excluding hydrogens is 240 g/mol. The van der Waals surface area contributed by atoms with Gasteiger partial charge in [-0.25, -0.2) is 0 Å². The van der Waals surface area contributed by atoms with Crippen LogP contribution in [-0.4, -0.2) is 10.9 Å². The Bertz CT molecular complexity index is 521. The van der Waals surface area contributed by atoms with Crippen LogP contribution in [0.5, 0.6) is 0 Å². The third kappa shape index (κ3) is 3.68. The van der Waals surface area contributed by atoms with Crippen molar-refractivity contribution < 1.29 is 9.21 Å². The average molecular weight is 258 g/mol. The summed E-state index contributed by atoms with van der Waals surface area (Å²) in [5.41, 5.74) is 1.74. The predicted molar refractivity (Wildman–Crippen MR) is 73.3 cm³/mol. The van der Waals surface area contributed by atoms with Gasteiger partial charge < -0.3 is 9.73 Å². The van der Waals surface area contributed by atoms with E-state index in [1.165, 1.54) is 0 Å². The second-order valence-electron chi connectivity index (χ2n) is 4.37. The Labute approximate surface area is 112 Å². The summed E-state index contributed by atoms with van der Waals surface area (Å²) in [6.07, 6.45) is 5.86. The molecule has 0 aliphatic rings. The lowest BCUT2D eigenvalue weighted by atomic mass is 10.1. The highest BCUT2D eigenvalue weighted by atomic mass is 16.3. The van der Waals surface area contributed by atoms with Crippen molar-refractivity contribution in [3.63, 3.8) is 0 Å². The lowest BCUT2D eigenvalue weighted by molar-refractivity contribution is -0.121. The Balaban J connectivity index is 2.03. The fraction of sp³-hybridized carbons (Fsp3) is 0.333. The van der Waals surface area contributed by atoms with Crippen molar-refractivity contribution in [3.05, 3.63) is 42.3 Å². The normalized spacial score (nSPS) is 10.4. The molecule has 0 spiro atoms. The molecule has 19 heavy (non-hydrogen) atoms. The third-order valence-corrected chi connectivity index (χ3v) is 2.88. The second-order valence-corrected chi connectivity index (χ2v) is 4.37. The molecule has 0 saturated heterocycles. The van der Waals surface area contributed by atoms with E-state index in [1.54, 1.807) is 12.5 Å². The maximum atomic E-state index is 11.6. The number of hydrogen-bond acceptors (Lipinski definition) is 3. The van der Waals surface area contributed by atoms with Crippen molar-refractivity contribution in [2.45, 2.75) is 32.7 Å². The number of rotatable bonds is 6. The molecule has 4 nitrogen and oxygen atoms in total. The smallest absolute Gasteiger partial charge is 0.220 e. The highest BCUT2D eigenvalue weighted by molar-refractivity contribution is 5.76. The Hall–Kier alpha value is -2.10. The first kappa shape index (κ1) is 13.3. The molecule has 2 rings (SSSR count). The molecule has 0 bridgehead atoms. The van der Waals surface area contributed by atoms with Crippen LogP contribution in [0.4, 0.5) is 0 Å². The fourth-order valence-electron chi connectivity index (χ4n) is 1.84. The molecule has 2 aromatic heterocycles. The molecule has 0 radical (unpaired) electrons. The molecule has 2 aromatic rings. The summed E-state index contributed by atoms with van der Waals surface area (Å²) in [5, 5.41) is 2.92. The monoisotopic (exact) mass is 258 g/mol. The number of carbonyl (C=O) groups is 1. The topological polar surface area (TPSA) is 55.1 Å². The third-order valence-electron chi connectivity index (χ3n) is 2.88. The summed E-state index contributed by atoms with van der Waals surface area (Å²) in [6, 6.07) is 7.50. The van der Waals surface area contributed by atoms with Crippen LogP contribution in [0.1, 0.15) is 31.7 Å². The zero-order chi connectivity index (χ0) is 13.5. The van der Waals surface area contributed by atoms with E-state index in [4.69, 9.17) is 4.42 Å². The maximum Gasteiger partial charge on any atom is 0.220 e. The van der Waals surface area contributed by atoms with E-state index in [2.05, 4.69) is 17.2 Å². The van der Waals surface area contributed by atoms with Crippen LogP contribution in [0, 0.1) is 0 Å². The number of carbonyl (C=O) groups excluding carboxylic acids is 1. The first-order valence-electron chi connectivity index (χ1n) is 6.55. The first-order chi connectivity index (χ1) is 9.31. The minimum Gasteiger partial charge on any atom is -0.463 e. The van der Waals surface area contributed by atoms with Gasteiger partial charge >= 0.3 is 0 Å². The standard InChI is InChI=1S/C15H18N2O2/c1-2-3-8-14(18)17-11-12-6-4-9-16-15(12)13-7-5-10-19-13/h4-7,9-10H,2-3,8,11H2,1H3,(H,17,18). The molecule has 0 saturated carbocycles. The number of furan rings is 1. The van der Waals surface area contributed by atoms with Gasteiger partial charge in [-0.15, -0.1) is 0 Å². The molecule has 0 unspecified atom stereocenters. The predicted octanol–water partition coefficient (Wildman–Crippen LogP) is 3.15. The average Bonchev–Trinajstić information content (AvgIpc) is 2.97. The van der Waals surface area contributed by atoms with Gasteiger partial charge in [-0.3, -0.25) is 9.78 Å². The number of aromatic nitrogens is 1. The second kappa shape index (κ2) is 6.73. The van der Waals surface area contributed by atoms with Gasteiger partial charge in [0, 0.05) is 24.7 Å². The van der Waals surface area contributed by atoms with Gasteiger partial charge in [0.1, 0.15) is 5.69 Å². The van der Waals surface area contributed by atoms with E-state index >= 15 is 0 Å². The van der Waals surface area contributed by atoms with Crippen LogP contribution in [0.3, 0.4) is 0 Å². The molecule has 0 atom stereocenters. The first-order valence-corrected chi connectivity index (χ1v) is 6.55. The van der Waals surface area contributed by atoms with Gasteiger partial charge in [0.05, 0.1) is 6.26 Å². The Morgan fingerprint density at radius 1 is 1.37 bits per heavy atom. The largest absolute Gasteiger partial charge is 0.463 e. The maximum absolute atomic E-state index is 11.6. The minimum absolute atomic E-state index is 0.0797. The molecule has 0 aliphatic heterocycles. The van der Waals surface area contributed by atoms with Gasteiger partial charge in [-0.2, -0.15) is 0 Å². The number of nitrogens with zero attached hydrogens (tertiary/aromatic N) is 1. The molecule has 0 fully saturated rings. The number of nitrogens with one attached hydrogen (secondary N) is 1. The summed E-state index contributed by atoms with van der Waals surface area (Å²) < 4.78 is 5.36. The summed E-state index contributed by atoms with van der Waals surface area (Å²) in [7, 11) is 0. The van der Waals surface area contributed by atoms with Crippen LogP contribution in [0.2, 0.25) is 0 Å². The highest BCUT2D eigenvalue weighted by Gasteiger charge is 2.09. The van der Waals surface area contributed by atoms with Crippen molar-refractivity contribution in [3.8, 4) is 11.5 Å². The van der Waals surface area contributed by atoms with E-state index in [9.17, 15) is 4.79 Å². The number of hydrogen-bond donors (Lipinski definition) is 1. The van der Waals surface area contributed by atoms with E-state index in [1.807, 2.05) is 24.3 Å². The van der Waals surface area contributed by atoms with Crippen LogP contribution >= 0.6 is 0 Å². The molecule has 0 aromatic carbocycles. The van der Waals surface area contributed by atoms with Gasteiger partial charge in [0.15, 0.2) is 5.76 Å². The lowest BCUT2D eigenvalue weighted by Crippen LogP contribution is -2.22. The Kier molecular flexibility index (Phi) is 4.72.